The molecule has 0 aromatic carbocycles. The number of carbonyl (C=O) groups excluding carboxylic acids is 6. The van der Waals surface area contributed by atoms with E-state index < -0.39 is 53.0 Å². The summed E-state index contributed by atoms with van der Waals surface area (Å²) in [7, 11) is 14.5. The maximum Gasteiger partial charge on any atom is 0.407 e. The highest BCUT2D eigenvalue weighted by atomic mass is 31.1. The minimum Gasteiger partial charge on any atom is -0.444 e. The molecule has 2 N–H and O–H groups in total. The zero-order valence-electron chi connectivity index (χ0n) is 27.6. The first-order valence-corrected chi connectivity index (χ1v) is 20.9. The van der Waals surface area contributed by atoms with Gasteiger partial charge in [-0.2, -0.15) is 23.4 Å². The van der Waals surface area contributed by atoms with E-state index in [1.807, 2.05) is 0 Å². The zero-order chi connectivity index (χ0) is 34.6. The van der Waals surface area contributed by atoms with E-state index in [4.69, 9.17) is 36.9 Å². The van der Waals surface area contributed by atoms with E-state index in [1.165, 1.54) is 0 Å². The van der Waals surface area contributed by atoms with E-state index in [0.29, 0.717) is 0 Å². The number of carbonyl (C=O) groups is 6. The summed E-state index contributed by atoms with van der Waals surface area (Å²) in [5.74, 6) is -2.29. The topological polar surface area (TPSA) is 154 Å². The van der Waals surface area contributed by atoms with Gasteiger partial charge in [-0.3, -0.25) is 24.0 Å². The lowest BCUT2D eigenvalue weighted by Gasteiger charge is -2.23. The van der Waals surface area contributed by atoms with Crippen LogP contribution in [0.25, 0.3) is 0 Å². The Bertz CT molecular complexity index is 967. The molecule has 0 fully saturated rings. The van der Waals surface area contributed by atoms with Crippen LogP contribution in [0.2, 0.25) is 0 Å². The fraction of sp³-hybridized carbons (Fsp3) is 0.786. The van der Waals surface area contributed by atoms with Gasteiger partial charge in [-0.1, -0.05) is 20.0 Å². The summed E-state index contributed by atoms with van der Waals surface area (Å²) in [6.45, 7) is 11.0. The van der Waals surface area contributed by atoms with Crippen LogP contribution in [0.1, 0.15) is 52.9 Å². The van der Waals surface area contributed by atoms with Crippen LogP contribution >= 0.6 is 23.4 Å². The van der Waals surface area contributed by atoms with E-state index in [2.05, 4.69) is 10.6 Å². The molecule has 17 heteroatoms. The average Bonchev–Trinajstić information content (AvgIpc) is 2.87. The van der Waals surface area contributed by atoms with Gasteiger partial charge in [0.05, 0.1) is 25.9 Å². The summed E-state index contributed by atoms with van der Waals surface area (Å²) in [4.78, 5) is 75.2. The second-order valence-corrected chi connectivity index (χ2v) is 17.5. The molecular formula is C28H48B3N2O9P3. The number of hydrogen-bond acceptors (Lipinski definition) is 9. The second kappa shape index (κ2) is 24.0. The van der Waals surface area contributed by atoms with Crippen LogP contribution in [0.3, 0.4) is 0 Å². The van der Waals surface area contributed by atoms with Gasteiger partial charge in [0.1, 0.15) is 46.5 Å². The Hall–Kier alpha value is -1.18. The maximum atomic E-state index is 13.4. The van der Waals surface area contributed by atoms with Gasteiger partial charge in [-0.15, -0.1) is 0 Å². The number of ether oxygens (including phenoxy) is 3. The highest BCUT2D eigenvalue weighted by Crippen LogP contribution is 2.26. The normalized spacial score (nSPS) is 14.8. The molecule has 6 radical (unpaired) electrons. The smallest absolute Gasteiger partial charge is 0.407 e. The molecule has 0 aliphatic heterocycles. The van der Waals surface area contributed by atoms with Gasteiger partial charge in [0, 0.05) is 50.2 Å². The predicted octanol–water partition coefficient (Wildman–Crippen LogP) is 2.46. The van der Waals surface area contributed by atoms with Gasteiger partial charge in [0.25, 0.3) is 0 Å². The van der Waals surface area contributed by atoms with Crippen molar-refractivity contribution in [3.05, 3.63) is 0 Å². The van der Waals surface area contributed by atoms with Crippen molar-refractivity contribution in [3.8, 4) is 0 Å². The fourth-order valence-electron chi connectivity index (χ4n) is 3.92. The predicted molar refractivity (Wildman–Crippen MR) is 185 cm³/mol. The maximum absolute atomic E-state index is 13.4. The lowest BCUT2D eigenvalue weighted by molar-refractivity contribution is -0.134. The molecule has 0 aliphatic carbocycles. The van der Waals surface area contributed by atoms with Crippen LogP contribution in [-0.4, -0.2) is 141 Å². The average molecular weight is 682 g/mol. The molecule has 0 aromatic rings. The van der Waals surface area contributed by atoms with Crippen molar-refractivity contribution in [2.45, 2.75) is 64.5 Å². The van der Waals surface area contributed by atoms with Crippen molar-refractivity contribution in [2.75, 3.05) is 71.5 Å². The van der Waals surface area contributed by atoms with Gasteiger partial charge >= 0.3 is 6.09 Å². The van der Waals surface area contributed by atoms with Crippen LogP contribution in [0.5, 0.6) is 0 Å². The molecule has 0 heterocycles. The third kappa shape index (κ3) is 25.6. The Morgan fingerprint density at radius 3 is 1.80 bits per heavy atom. The Morgan fingerprint density at radius 2 is 1.27 bits per heavy atom. The standard InChI is InChI=1S/C28H48B3N2O9P3/c1-28(2,3)42-27(39)32-11-12-40-13-14-41-16-23(36)15-20(7-8-21(34)17-43(4)29)26(38)33-24(25(37)19-45(6)31)10-9-22(35)18-44(5)30/h20,24H,7-19H2,1-6H3,(H,32,39)(H,33,38). The summed E-state index contributed by atoms with van der Waals surface area (Å²) >= 11 is 0. The van der Waals surface area contributed by atoms with Gasteiger partial charge < -0.3 is 24.8 Å². The lowest BCUT2D eigenvalue weighted by Crippen LogP contribution is -2.45. The first-order chi connectivity index (χ1) is 20.9. The van der Waals surface area contributed by atoms with E-state index >= 15 is 0 Å². The molecule has 0 aliphatic rings. The van der Waals surface area contributed by atoms with E-state index in [-0.39, 0.29) is 107 Å². The first kappa shape index (κ1) is 43.8. The minimum atomic E-state index is -1.07. The molecule has 45 heavy (non-hydrogen) atoms. The Balaban J connectivity index is 5.09. The third-order valence-electron chi connectivity index (χ3n) is 5.84. The molecule has 0 bridgehead atoms. The van der Waals surface area contributed by atoms with Crippen LogP contribution < -0.4 is 10.6 Å². The molecular weight excluding hydrogens is 634 g/mol. The molecule has 0 saturated heterocycles. The van der Waals surface area contributed by atoms with Crippen molar-refractivity contribution in [1.29, 1.82) is 0 Å². The highest BCUT2D eigenvalue weighted by Gasteiger charge is 2.28. The van der Waals surface area contributed by atoms with E-state index in [9.17, 15) is 28.8 Å². The second-order valence-electron chi connectivity index (χ2n) is 12.0. The third-order valence-corrected chi connectivity index (χ3v) is 8.35. The molecule has 0 spiro atoms. The van der Waals surface area contributed by atoms with Gasteiger partial charge in [0.15, 0.2) is 11.6 Å². The van der Waals surface area contributed by atoms with E-state index in [0.717, 1.165) is 0 Å². The summed E-state index contributed by atoms with van der Waals surface area (Å²) in [5.41, 5.74) is -0.600. The number of rotatable bonds is 25. The van der Waals surface area contributed by atoms with Crippen molar-refractivity contribution in [1.82, 2.24) is 10.6 Å². The summed E-state index contributed by atoms with van der Waals surface area (Å²) in [5, 5.41) is 5.29. The molecule has 0 saturated carbocycles. The molecule has 5 atom stereocenters. The van der Waals surface area contributed by atoms with Crippen molar-refractivity contribution < 1.29 is 43.0 Å². The van der Waals surface area contributed by atoms with Crippen LogP contribution in [0.4, 0.5) is 4.79 Å². The zero-order valence-corrected chi connectivity index (χ0v) is 30.3. The summed E-state index contributed by atoms with van der Waals surface area (Å²) in [6, 6.07) is -0.949. The SMILES string of the molecule is [B]P(C)CC(=O)CCC(CC(=O)COCCOCCNC(=O)OC(C)(C)C)C(=O)NC(CCC(=O)CP([B])C)C(=O)CP([B])C. The Kier molecular flexibility index (Phi) is 23.4. The molecule has 0 rings (SSSR count). The van der Waals surface area contributed by atoms with Gasteiger partial charge in [-0.05, 0) is 33.6 Å². The lowest BCUT2D eigenvalue weighted by atomic mass is 9.94. The summed E-state index contributed by atoms with van der Waals surface area (Å²) < 4.78 is 15.9. The van der Waals surface area contributed by atoms with Crippen LogP contribution in [0, 0.1) is 5.92 Å². The number of ketones is 4. The van der Waals surface area contributed by atoms with Crippen molar-refractivity contribution >= 4 is 81.2 Å². The molecule has 2 amide bonds. The molecule has 5 unspecified atom stereocenters. The number of alkyl carbamates (subject to hydrolysis) is 1. The highest BCUT2D eigenvalue weighted by molar-refractivity contribution is 7.82. The number of amides is 2. The summed E-state index contributed by atoms with van der Waals surface area (Å²) in [6.07, 6.45) is 0.0521. The monoisotopic (exact) mass is 682 g/mol. The molecule has 248 valence electrons. The minimum absolute atomic E-state index is 0.0535. The number of Topliss-reactive ketones (excluding diaryl/α,β-unsaturated/α-hetero) is 4. The van der Waals surface area contributed by atoms with Crippen molar-refractivity contribution in [3.63, 3.8) is 0 Å². The van der Waals surface area contributed by atoms with Gasteiger partial charge in [-0.25, -0.2) is 4.79 Å². The molecule has 11 nitrogen and oxygen atoms in total. The van der Waals surface area contributed by atoms with Crippen LogP contribution in [-0.2, 0) is 38.2 Å². The molecule has 0 aromatic heterocycles. The Labute approximate surface area is 276 Å². The Morgan fingerprint density at radius 1 is 0.733 bits per heavy atom. The fourth-order valence-corrected chi connectivity index (χ4v) is 6.06. The quantitative estimate of drug-likeness (QED) is 0.0841. The number of nitrogens with one attached hydrogen (secondary N) is 2. The van der Waals surface area contributed by atoms with Crippen LogP contribution in [0.15, 0.2) is 0 Å². The van der Waals surface area contributed by atoms with E-state index in [1.54, 1.807) is 40.8 Å². The number of hydrogen-bond donors (Lipinski definition) is 2. The first-order valence-electron chi connectivity index (χ1n) is 14.8. The largest absolute Gasteiger partial charge is 0.444 e. The van der Waals surface area contributed by atoms with Crippen molar-refractivity contribution in [2.24, 2.45) is 5.92 Å². The van der Waals surface area contributed by atoms with Gasteiger partial charge in [0.2, 0.25) is 5.91 Å².